The van der Waals surface area contributed by atoms with Gasteiger partial charge in [-0.25, -0.2) is 19.2 Å². The SMILES string of the molecule is CCOC(=O)c1ccc(NC(=O)CSc2nc(-c3ccc(Br)cc3)nc3ccc(F)cc23)cc1. The molecule has 6 nitrogen and oxygen atoms in total. The van der Waals surface area contributed by atoms with Gasteiger partial charge in [-0.2, -0.15) is 0 Å². The van der Waals surface area contributed by atoms with Crippen LogP contribution >= 0.6 is 27.7 Å². The summed E-state index contributed by atoms with van der Waals surface area (Å²) in [5.41, 5.74) is 2.35. The number of esters is 1. The lowest BCUT2D eigenvalue weighted by Crippen LogP contribution is -2.14. The Balaban J connectivity index is 1.51. The van der Waals surface area contributed by atoms with Gasteiger partial charge in [-0.1, -0.05) is 39.8 Å². The number of rotatable bonds is 7. The number of hydrogen-bond donors (Lipinski definition) is 1. The van der Waals surface area contributed by atoms with Crippen molar-refractivity contribution in [1.29, 1.82) is 0 Å². The molecule has 4 aromatic rings. The fraction of sp³-hybridized carbons (Fsp3) is 0.120. The molecule has 3 aromatic carbocycles. The van der Waals surface area contributed by atoms with E-state index in [0.29, 0.717) is 39.6 Å². The van der Waals surface area contributed by atoms with Crippen LogP contribution in [0.5, 0.6) is 0 Å². The number of anilines is 1. The normalized spacial score (nSPS) is 10.8. The van der Waals surface area contributed by atoms with Crippen LogP contribution in [-0.4, -0.2) is 34.2 Å². The van der Waals surface area contributed by atoms with Crippen molar-refractivity contribution in [1.82, 2.24) is 9.97 Å². The molecule has 0 radical (unpaired) electrons. The molecule has 0 fully saturated rings. The van der Waals surface area contributed by atoms with E-state index in [0.717, 1.165) is 10.0 Å². The molecule has 0 saturated carbocycles. The monoisotopic (exact) mass is 539 g/mol. The Morgan fingerprint density at radius 3 is 2.47 bits per heavy atom. The second-order valence-electron chi connectivity index (χ2n) is 7.16. The summed E-state index contributed by atoms with van der Waals surface area (Å²) in [7, 11) is 0. The lowest BCUT2D eigenvalue weighted by molar-refractivity contribution is -0.113. The number of nitrogens with one attached hydrogen (secondary N) is 1. The van der Waals surface area contributed by atoms with Gasteiger partial charge in [0.05, 0.1) is 23.4 Å². The van der Waals surface area contributed by atoms with Crippen LogP contribution in [0.2, 0.25) is 0 Å². The number of aromatic nitrogens is 2. The molecule has 0 aliphatic carbocycles. The zero-order chi connectivity index (χ0) is 24.1. The maximum atomic E-state index is 13.9. The van der Waals surface area contributed by atoms with Gasteiger partial charge in [-0.15, -0.1) is 0 Å². The maximum absolute atomic E-state index is 13.9. The van der Waals surface area contributed by atoms with E-state index in [4.69, 9.17) is 4.74 Å². The summed E-state index contributed by atoms with van der Waals surface area (Å²) in [5, 5.41) is 3.84. The quantitative estimate of drug-likeness (QED) is 0.173. The number of benzene rings is 3. The Hall–Kier alpha value is -3.30. The summed E-state index contributed by atoms with van der Waals surface area (Å²) in [6.45, 7) is 2.03. The van der Waals surface area contributed by atoms with Gasteiger partial charge in [-0.05, 0) is 61.5 Å². The summed E-state index contributed by atoms with van der Waals surface area (Å²) in [6.07, 6.45) is 0. The van der Waals surface area contributed by atoms with Gasteiger partial charge in [-0.3, -0.25) is 4.79 Å². The van der Waals surface area contributed by atoms with Crippen molar-refractivity contribution in [2.75, 3.05) is 17.7 Å². The molecule has 172 valence electrons. The number of fused-ring (bicyclic) bond motifs is 1. The van der Waals surface area contributed by atoms with Crippen LogP contribution in [0, 0.1) is 5.82 Å². The molecule has 0 saturated heterocycles. The first-order chi connectivity index (χ1) is 16.4. The summed E-state index contributed by atoms with van der Waals surface area (Å²) in [6, 6.07) is 18.3. The largest absolute Gasteiger partial charge is 0.462 e. The number of halogens is 2. The van der Waals surface area contributed by atoms with Crippen molar-refractivity contribution >= 4 is 56.2 Å². The first-order valence-corrected chi connectivity index (χ1v) is 12.1. The lowest BCUT2D eigenvalue weighted by Gasteiger charge is -2.10. The predicted octanol–water partition coefficient (Wildman–Crippen LogP) is 6.11. The molecule has 0 atom stereocenters. The van der Waals surface area contributed by atoms with Gasteiger partial charge in [0, 0.05) is 21.1 Å². The van der Waals surface area contributed by atoms with Crippen LogP contribution in [0.1, 0.15) is 17.3 Å². The van der Waals surface area contributed by atoms with E-state index in [1.54, 1.807) is 37.3 Å². The summed E-state index contributed by atoms with van der Waals surface area (Å²) in [5.74, 6) is -0.533. The van der Waals surface area contributed by atoms with E-state index in [1.807, 2.05) is 24.3 Å². The number of amides is 1. The number of thioether (sulfide) groups is 1. The minimum absolute atomic E-state index is 0.0576. The number of nitrogens with zero attached hydrogens (tertiary/aromatic N) is 2. The zero-order valence-electron chi connectivity index (χ0n) is 18.0. The Morgan fingerprint density at radius 1 is 1.03 bits per heavy atom. The van der Waals surface area contributed by atoms with Gasteiger partial charge >= 0.3 is 5.97 Å². The molecular weight excluding hydrogens is 521 g/mol. The third-order valence-corrected chi connectivity index (χ3v) is 6.26. The van der Waals surface area contributed by atoms with Crippen molar-refractivity contribution in [3.63, 3.8) is 0 Å². The van der Waals surface area contributed by atoms with E-state index in [9.17, 15) is 14.0 Å². The summed E-state index contributed by atoms with van der Waals surface area (Å²) >= 11 is 4.61. The van der Waals surface area contributed by atoms with Crippen LogP contribution in [0.3, 0.4) is 0 Å². The Bertz CT molecular complexity index is 1350. The second-order valence-corrected chi connectivity index (χ2v) is 9.04. The first kappa shape index (κ1) is 23.8. The topological polar surface area (TPSA) is 81.2 Å². The molecule has 9 heteroatoms. The fourth-order valence-electron chi connectivity index (χ4n) is 3.15. The minimum atomic E-state index is -0.416. The van der Waals surface area contributed by atoms with Crippen LogP contribution in [0.15, 0.2) is 76.2 Å². The Morgan fingerprint density at radius 2 is 1.76 bits per heavy atom. The smallest absolute Gasteiger partial charge is 0.338 e. The molecule has 34 heavy (non-hydrogen) atoms. The summed E-state index contributed by atoms with van der Waals surface area (Å²) < 4.78 is 19.8. The fourth-order valence-corrected chi connectivity index (χ4v) is 4.22. The molecule has 0 bridgehead atoms. The Labute approximate surface area is 208 Å². The van der Waals surface area contributed by atoms with Gasteiger partial charge < -0.3 is 10.1 Å². The number of ether oxygens (including phenoxy) is 1. The van der Waals surface area contributed by atoms with Crippen molar-refractivity contribution in [3.05, 3.63) is 82.6 Å². The minimum Gasteiger partial charge on any atom is -0.462 e. The average Bonchev–Trinajstić information content (AvgIpc) is 2.83. The van der Waals surface area contributed by atoms with E-state index in [2.05, 4.69) is 31.2 Å². The number of hydrogen-bond acceptors (Lipinski definition) is 6. The highest BCUT2D eigenvalue weighted by atomic mass is 79.9. The standard InChI is InChI=1S/C25H19BrFN3O3S/c1-2-33-25(32)16-5-10-19(11-6-16)28-22(31)14-34-24-20-13-18(27)9-12-21(20)29-23(30-24)15-3-7-17(26)8-4-15/h3-13H,2,14H2,1H3,(H,28,31). The third-order valence-electron chi connectivity index (χ3n) is 4.75. The maximum Gasteiger partial charge on any atom is 0.338 e. The number of carbonyl (C=O) groups excluding carboxylic acids is 2. The second kappa shape index (κ2) is 10.8. The molecular formula is C25H19BrFN3O3S. The van der Waals surface area contributed by atoms with Gasteiger partial charge in [0.15, 0.2) is 5.82 Å². The average molecular weight is 540 g/mol. The highest BCUT2D eigenvalue weighted by Crippen LogP contribution is 2.29. The van der Waals surface area contributed by atoms with Crippen LogP contribution in [0.25, 0.3) is 22.3 Å². The number of carbonyl (C=O) groups is 2. The molecule has 1 heterocycles. The molecule has 0 unspecified atom stereocenters. The highest BCUT2D eigenvalue weighted by molar-refractivity contribution is 9.10. The van der Waals surface area contributed by atoms with E-state index in [-0.39, 0.29) is 11.7 Å². The molecule has 1 amide bonds. The molecule has 4 rings (SSSR count). The molecule has 1 N–H and O–H groups in total. The summed E-state index contributed by atoms with van der Waals surface area (Å²) in [4.78, 5) is 33.5. The van der Waals surface area contributed by atoms with Crippen molar-refractivity contribution in [2.24, 2.45) is 0 Å². The molecule has 0 aliphatic heterocycles. The molecule has 1 aromatic heterocycles. The van der Waals surface area contributed by atoms with E-state index >= 15 is 0 Å². The van der Waals surface area contributed by atoms with Gasteiger partial charge in [0.1, 0.15) is 10.8 Å². The van der Waals surface area contributed by atoms with E-state index in [1.165, 1.54) is 23.9 Å². The Kier molecular flexibility index (Phi) is 7.54. The van der Waals surface area contributed by atoms with Gasteiger partial charge in [0.2, 0.25) is 5.91 Å². The predicted molar refractivity (Wildman–Crippen MR) is 134 cm³/mol. The lowest BCUT2D eigenvalue weighted by atomic mass is 10.2. The molecule has 0 spiro atoms. The third kappa shape index (κ3) is 5.78. The van der Waals surface area contributed by atoms with Gasteiger partial charge in [0.25, 0.3) is 0 Å². The van der Waals surface area contributed by atoms with Crippen LogP contribution in [-0.2, 0) is 9.53 Å². The van der Waals surface area contributed by atoms with Crippen molar-refractivity contribution < 1.29 is 18.7 Å². The van der Waals surface area contributed by atoms with Crippen molar-refractivity contribution in [2.45, 2.75) is 11.9 Å². The van der Waals surface area contributed by atoms with Crippen LogP contribution in [0.4, 0.5) is 10.1 Å². The van der Waals surface area contributed by atoms with Crippen LogP contribution < -0.4 is 5.32 Å². The first-order valence-electron chi connectivity index (χ1n) is 10.4. The zero-order valence-corrected chi connectivity index (χ0v) is 20.5. The molecule has 0 aliphatic rings. The van der Waals surface area contributed by atoms with E-state index < -0.39 is 11.8 Å². The highest BCUT2D eigenvalue weighted by Gasteiger charge is 2.14. The van der Waals surface area contributed by atoms with Crippen molar-refractivity contribution in [3.8, 4) is 11.4 Å².